The number of aryl methyl sites for hydroxylation is 2. The molecular weight excluding hydrogens is 400 g/mol. The lowest BCUT2D eigenvalue weighted by Crippen LogP contribution is -2.41. The van der Waals surface area contributed by atoms with E-state index in [9.17, 15) is 9.59 Å². The van der Waals surface area contributed by atoms with Gasteiger partial charge in [0.25, 0.3) is 0 Å². The topological polar surface area (TPSA) is 105 Å². The predicted molar refractivity (Wildman–Crippen MR) is 113 cm³/mol. The summed E-state index contributed by atoms with van der Waals surface area (Å²) >= 11 is 0. The van der Waals surface area contributed by atoms with Crippen LogP contribution in [-0.4, -0.2) is 51.0 Å². The summed E-state index contributed by atoms with van der Waals surface area (Å²) in [5.74, 6) is -0.413. The summed E-state index contributed by atoms with van der Waals surface area (Å²) < 4.78 is 16.7. The summed E-state index contributed by atoms with van der Waals surface area (Å²) in [7, 11) is 0. The smallest absolute Gasteiger partial charge is 0.303 e. The largest absolute Gasteiger partial charge is 0.465 e. The standard InChI is InChI=1S/C22H32N4O5/c1-6-20(22(31-18(5)28)15(2)14-29-17(4)27)30-16(3)26-24-21(23-25-26)13-12-19-10-8-7-9-11-19/h7-11,15-16,20,22H,6,12-14H2,1-5H3. The van der Waals surface area contributed by atoms with Crippen molar-refractivity contribution in [3.05, 3.63) is 41.7 Å². The zero-order valence-electron chi connectivity index (χ0n) is 18.9. The summed E-state index contributed by atoms with van der Waals surface area (Å²) in [6.07, 6.45) is 0.559. The van der Waals surface area contributed by atoms with Crippen LogP contribution in [0.3, 0.4) is 0 Å². The molecule has 4 unspecified atom stereocenters. The minimum atomic E-state index is -0.578. The third-order valence-electron chi connectivity index (χ3n) is 4.83. The monoisotopic (exact) mass is 432 g/mol. The Morgan fingerprint density at radius 2 is 1.77 bits per heavy atom. The summed E-state index contributed by atoms with van der Waals surface area (Å²) in [5.41, 5.74) is 1.21. The highest BCUT2D eigenvalue weighted by Crippen LogP contribution is 2.22. The molecule has 2 rings (SSSR count). The van der Waals surface area contributed by atoms with E-state index in [1.165, 1.54) is 24.2 Å². The first-order valence-electron chi connectivity index (χ1n) is 10.6. The Morgan fingerprint density at radius 3 is 2.39 bits per heavy atom. The summed E-state index contributed by atoms with van der Waals surface area (Å²) in [4.78, 5) is 24.2. The molecule has 0 aliphatic rings. The molecule has 31 heavy (non-hydrogen) atoms. The van der Waals surface area contributed by atoms with Crippen molar-refractivity contribution < 1.29 is 23.8 Å². The second kappa shape index (κ2) is 12.1. The number of rotatable bonds is 12. The van der Waals surface area contributed by atoms with Gasteiger partial charge in [-0.05, 0) is 30.5 Å². The normalized spacial score (nSPS) is 15.0. The zero-order chi connectivity index (χ0) is 22.8. The van der Waals surface area contributed by atoms with Crippen LogP contribution in [0.2, 0.25) is 0 Å². The van der Waals surface area contributed by atoms with E-state index in [0.29, 0.717) is 18.7 Å². The van der Waals surface area contributed by atoms with E-state index in [1.54, 1.807) is 0 Å². The van der Waals surface area contributed by atoms with Crippen LogP contribution in [0.25, 0.3) is 0 Å². The van der Waals surface area contributed by atoms with Crippen LogP contribution in [-0.2, 0) is 36.6 Å². The van der Waals surface area contributed by atoms with E-state index < -0.39 is 24.4 Å². The average Bonchev–Trinajstić information content (AvgIpc) is 3.22. The molecule has 170 valence electrons. The molecule has 0 N–H and O–H groups in total. The fourth-order valence-corrected chi connectivity index (χ4v) is 3.22. The van der Waals surface area contributed by atoms with Crippen molar-refractivity contribution in [3.63, 3.8) is 0 Å². The van der Waals surface area contributed by atoms with Crippen LogP contribution < -0.4 is 0 Å². The van der Waals surface area contributed by atoms with Crippen molar-refractivity contribution in [1.82, 2.24) is 20.2 Å². The van der Waals surface area contributed by atoms with Gasteiger partial charge in [-0.25, -0.2) is 0 Å². The second-order valence-electron chi connectivity index (χ2n) is 7.55. The first kappa shape index (κ1) is 24.5. The number of benzene rings is 1. The number of carbonyl (C=O) groups is 2. The molecule has 0 fully saturated rings. The molecule has 9 heteroatoms. The van der Waals surface area contributed by atoms with Gasteiger partial charge in [0.15, 0.2) is 12.1 Å². The molecule has 1 heterocycles. The van der Waals surface area contributed by atoms with Gasteiger partial charge in [0.1, 0.15) is 6.10 Å². The van der Waals surface area contributed by atoms with E-state index in [2.05, 4.69) is 27.5 Å². The maximum absolute atomic E-state index is 11.6. The number of nitrogens with zero attached hydrogens (tertiary/aromatic N) is 4. The third-order valence-corrected chi connectivity index (χ3v) is 4.83. The van der Waals surface area contributed by atoms with Gasteiger partial charge in [-0.3, -0.25) is 9.59 Å². The van der Waals surface area contributed by atoms with Gasteiger partial charge in [-0.2, -0.15) is 0 Å². The first-order valence-corrected chi connectivity index (χ1v) is 10.6. The van der Waals surface area contributed by atoms with E-state index in [1.807, 2.05) is 39.0 Å². The van der Waals surface area contributed by atoms with Crippen LogP contribution in [0.15, 0.2) is 30.3 Å². The van der Waals surface area contributed by atoms with Gasteiger partial charge >= 0.3 is 11.9 Å². The molecular formula is C22H32N4O5. The third kappa shape index (κ3) is 8.09. The van der Waals surface area contributed by atoms with E-state index in [4.69, 9.17) is 14.2 Å². The molecule has 1 aromatic carbocycles. The lowest BCUT2D eigenvalue weighted by Gasteiger charge is -2.31. The maximum Gasteiger partial charge on any atom is 0.303 e. The molecule has 4 atom stereocenters. The Hall–Kier alpha value is -2.81. The molecule has 0 aliphatic carbocycles. The Bertz CT molecular complexity index is 826. The Balaban J connectivity index is 2.00. The van der Waals surface area contributed by atoms with Gasteiger partial charge in [0, 0.05) is 26.2 Å². The fourth-order valence-electron chi connectivity index (χ4n) is 3.22. The Kier molecular flexibility index (Phi) is 9.58. The molecule has 0 aliphatic heterocycles. The molecule has 0 amide bonds. The number of tetrazole rings is 1. The molecule has 2 aromatic rings. The summed E-state index contributed by atoms with van der Waals surface area (Å²) in [6, 6.07) is 10.1. The van der Waals surface area contributed by atoms with Crippen molar-refractivity contribution in [3.8, 4) is 0 Å². The Labute approximate surface area is 183 Å². The lowest BCUT2D eigenvalue weighted by molar-refractivity contribution is -0.174. The summed E-state index contributed by atoms with van der Waals surface area (Å²) in [5, 5.41) is 12.7. The highest BCUT2D eigenvalue weighted by atomic mass is 16.6. The molecule has 0 saturated heterocycles. The van der Waals surface area contributed by atoms with Crippen molar-refractivity contribution >= 4 is 11.9 Å². The number of esters is 2. The molecule has 0 spiro atoms. The average molecular weight is 433 g/mol. The van der Waals surface area contributed by atoms with Crippen molar-refractivity contribution in [2.75, 3.05) is 6.61 Å². The van der Waals surface area contributed by atoms with Gasteiger partial charge in [-0.1, -0.05) is 44.2 Å². The molecule has 0 bridgehead atoms. The van der Waals surface area contributed by atoms with Crippen molar-refractivity contribution in [2.45, 2.75) is 72.3 Å². The van der Waals surface area contributed by atoms with Crippen LogP contribution in [0.5, 0.6) is 0 Å². The SMILES string of the molecule is CCC(OC(C)n1nnc(CCc2ccccc2)n1)C(OC(C)=O)C(C)COC(C)=O. The molecule has 0 saturated carbocycles. The number of hydrogen-bond acceptors (Lipinski definition) is 8. The number of carbonyl (C=O) groups excluding carboxylic acids is 2. The molecule has 9 nitrogen and oxygen atoms in total. The van der Waals surface area contributed by atoms with Crippen LogP contribution >= 0.6 is 0 Å². The lowest BCUT2D eigenvalue weighted by atomic mass is 9.98. The van der Waals surface area contributed by atoms with E-state index in [0.717, 1.165) is 6.42 Å². The van der Waals surface area contributed by atoms with Crippen molar-refractivity contribution in [2.24, 2.45) is 5.92 Å². The minimum Gasteiger partial charge on any atom is -0.465 e. The minimum absolute atomic E-state index is 0.132. The first-order chi connectivity index (χ1) is 14.8. The quantitative estimate of drug-likeness (QED) is 0.472. The van der Waals surface area contributed by atoms with E-state index in [-0.39, 0.29) is 18.5 Å². The highest BCUT2D eigenvalue weighted by molar-refractivity contribution is 5.66. The van der Waals surface area contributed by atoms with Gasteiger partial charge in [0.05, 0.1) is 12.7 Å². The Morgan fingerprint density at radius 1 is 1.06 bits per heavy atom. The molecule has 0 radical (unpaired) electrons. The number of aromatic nitrogens is 4. The predicted octanol–water partition coefficient (Wildman–Crippen LogP) is 2.90. The van der Waals surface area contributed by atoms with Crippen molar-refractivity contribution in [1.29, 1.82) is 0 Å². The van der Waals surface area contributed by atoms with Crippen LogP contribution in [0.4, 0.5) is 0 Å². The number of hydrogen-bond donors (Lipinski definition) is 0. The maximum atomic E-state index is 11.6. The fraction of sp³-hybridized carbons (Fsp3) is 0.591. The summed E-state index contributed by atoms with van der Waals surface area (Å²) in [6.45, 7) is 8.42. The highest BCUT2D eigenvalue weighted by Gasteiger charge is 2.32. The van der Waals surface area contributed by atoms with Gasteiger partial charge in [0.2, 0.25) is 0 Å². The van der Waals surface area contributed by atoms with E-state index >= 15 is 0 Å². The number of ether oxygens (including phenoxy) is 3. The molecule has 1 aromatic heterocycles. The van der Waals surface area contributed by atoms with Gasteiger partial charge in [-0.15, -0.1) is 15.0 Å². The second-order valence-corrected chi connectivity index (χ2v) is 7.55. The van der Waals surface area contributed by atoms with Gasteiger partial charge < -0.3 is 14.2 Å². The van der Waals surface area contributed by atoms with Crippen LogP contribution in [0.1, 0.15) is 58.7 Å². The van der Waals surface area contributed by atoms with Crippen LogP contribution in [0, 0.1) is 5.92 Å². The zero-order valence-corrected chi connectivity index (χ0v) is 18.9.